The molecule has 1 unspecified atom stereocenters. The van der Waals surface area contributed by atoms with Crippen molar-refractivity contribution in [3.63, 3.8) is 0 Å². The van der Waals surface area contributed by atoms with Crippen LogP contribution >= 0.6 is 0 Å². The molecule has 0 N–H and O–H groups in total. The van der Waals surface area contributed by atoms with Crippen LogP contribution in [0, 0.1) is 0 Å². The van der Waals surface area contributed by atoms with Gasteiger partial charge >= 0.3 is 23.9 Å². The van der Waals surface area contributed by atoms with E-state index in [1.165, 1.54) is 0 Å². The topological polar surface area (TPSA) is 114 Å². The van der Waals surface area contributed by atoms with Gasteiger partial charge in [0.1, 0.15) is 28.6 Å². The van der Waals surface area contributed by atoms with Crippen LogP contribution in [0.15, 0.2) is 104 Å². The van der Waals surface area contributed by atoms with E-state index in [-0.39, 0.29) is 6.10 Å². The van der Waals surface area contributed by atoms with Crippen LogP contribution in [0.3, 0.4) is 0 Å². The summed E-state index contributed by atoms with van der Waals surface area (Å²) in [4.78, 5) is 48.9. The molecule has 0 aliphatic carbocycles. The average Bonchev–Trinajstić information content (AvgIpc) is 3.04. The van der Waals surface area contributed by atoms with Crippen LogP contribution in [0.25, 0.3) is 10.8 Å². The number of rotatable bonds is 13. The van der Waals surface area contributed by atoms with Gasteiger partial charge in [-0.05, 0) is 110 Å². The maximum absolute atomic E-state index is 13.0. The number of carbonyl (C=O) groups is 4. The third-order valence-electron chi connectivity index (χ3n) is 7.01. The van der Waals surface area contributed by atoms with Crippen LogP contribution in [0.5, 0.6) is 23.0 Å². The summed E-state index contributed by atoms with van der Waals surface area (Å²) in [6.45, 7) is 14.2. The van der Waals surface area contributed by atoms with E-state index < -0.39 is 29.5 Å². The SMILES string of the molecule is C=CC(=O)Oc1ccc2cc(C(=O)Oc3ccc(OC(=O)c4ccc(OC(C)CC(C)(C)OC(=O)C=C)cc4)cc3CC)ccc2c1. The first-order valence-electron chi connectivity index (χ1n) is 15.0. The van der Waals surface area contributed by atoms with Crippen molar-refractivity contribution in [2.24, 2.45) is 0 Å². The maximum Gasteiger partial charge on any atom is 0.343 e. The zero-order chi connectivity index (χ0) is 34.1. The fourth-order valence-corrected chi connectivity index (χ4v) is 4.88. The van der Waals surface area contributed by atoms with Gasteiger partial charge < -0.3 is 23.7 Å². The minimum atomic E-state index is -0.743. The molecule has 4 rings (SSSR count). The Balaban J connectivity index is 1.37. The van der Waals surface area contributed by atoms with Gasteiger partial charge in [-0.3, -0.25) is 0 Å². The monoisotopic (exact) mass is 636 g/mol. The van der Waals surface area contributed by atoms with E-state index in [2.05, 4.69) is 13.2 Å². The second-order valence-electron chi connectivity index (χ2n) is 11.3. The Kier molecular flexibility index (Phi) is 10.9. The predicted octanol–water partition coefficient (Wildman–Crippen LogP) is 7.60. The second-order valence-corrected chi connectivity index (χ2v) is 11.3. The molecular weight excluding hydrogens is 600 g/mol. The van der Waals surface area contributed by atoms with Crippen molar-refractivity contribution in [1.29, 1.82) is 0 Å². The van der Waals surface area contributed by atoms with Gasteiger partial charge in [0, 0.05) is 18.6 Å². The van der Waals surface area contributed by atoms with Gasteiger partial charge in [0.05, 0.1) is 17.2 Å². The number of ether oxygens (including phenoxy) is 5. The summed E-state index contributed by atoms with van der Waals surface area (Å²) >= 11 is 0. The van der Waals surface area contributed by atoms with E-state index in [1.807, 2.05) is 13.8 Å². The van der Waals surface area contributed by atoms with E-state index in [4.69, 9.17) is 23.7 Å². The Morgan fingerprint density at radius 2 is 1.28 bits per heavy atom. The third-order valence-corrected chi connectivity index (χ3v) is 7.01. The summed E-state index contributed by atoms with van der Waals surface area (Å²) in [7, 11) is 0. The number of benzene rings is 4. The normalized spacial score (nSPS) is 11.6. The molecule has 0 fully saturated rings. The largest absolute Gasteiger partial charge is 0.491 e. The number of aryl methyl sites for hydroxylation is 1. The lowest BCUT2D eigenvalue weighted by Crippen LogP contribution is -2.33. The summed E-state index contributed by atoms with van der Waals surface area (Å²) < 4.78 is 27.8. The van der Waals surface area contributed by atoms with Crippen LogP contribution in [-0.4, -0.2) is 35.6 Å². The third kappa shape index (κ3) is 9.40. The Labute approximate surface area is 273 Å². The van der Waals surface area contributed by atoms with Gasteiger partial charge in [-0.2, -0.15) is 0 Å². The van der Waals surface area contributed by atoms with E-state index in [0.29, 0.717) is 52.5 Å². The summed E-state index contributed by atoms with van der Waals surface area (Å²) in [5.74, 6) is -0.607. The first-order chi connectivity index (χ1) is 22.4. The molecule has 0 aliphatic rings. The molecular formula is C38H36O9. The Morgan fingerprint density at radius 3 is 1.96 bits per heavy atom. The van der Waals surface area contributed by atoms with Crippen molar-refractivity contribution in [3.8, 4) is 23.0 Å². The van der Waals surface area contributed by atoms with Crippen LogP contribution in [0.4, 0.5) is 0 Å². The van der Waals surface area contributed by atoms with Crippen LogP contribution in [0.2, 0.25) is 0 Å². The van der Waals surface area contributed by atoms with Crippen molar-refractivity contribution in [2.45, 2.75) is 52.2 Å². The van der Waals surface area contributed by atoms with Crippen molar-refractivity contribution >= 4 is 34.6 Å². The van der Waals surface area contributed by atoms with Gasteiger partial charge in [-0.25, -0.2) is 19.2 Å². The molecule has 0 radical (unpaired) electrons. The zero-order valence-electron chi connectivity index (χ0n) is 26.7. The minimum absolute atomic E-state index is 0.273. The van der Waals surface area contributed by atoms with E-state index in [0.717, 1.165) is 22.9 Å². The molecule has 0 bridgehead atoms. The molecule has 47 heavy (non-hydrogen) atoms. The van der Waals surface area contributed by atoms with Crippen LogP contribution in [-0.2, 0) is 20.7 Å². The van der Waals surface area contributed by atoms with E-state index in [1.54, 1.807) is 92.7 Å². The Hall–Kier alpha value is -5.70. The van der Waals surface area contributed by atoms with E-state index in [9.17, 15) is 19.2 Å². The second kappa shape index (κ2) is 15.1. The van der Waals surface area contributed by atoms with Crippen molar-refractivity contribution in [1.82, 2.24) is 0 Å². The van der Waals surface area contributed by atoms with Crippen LogP contribution < -0.4 is 18.9 Å². The van der Waals surface area contributed by atoms with Crippen molar-refractivity contribution in [2.75, 3.05) is 0 Å². The summed E-state index contributed by atoms with van der Waals surface area (Å²) in [5, 5.41) is 1.54. The average molecular weight is 637 g/mol. The molecule has 1 atom stereocenters. The quantitative estimate of drug-likeness (QED) is 0.0831. The number of hydrogen-bond acceptors (Lipinski definition) is 9. The standard InChI is InChI=1S/C38H36O9/c1-7-25-21-32(45-36(41)26-12-15-30(16-13-26)43-24(4)23-38(5,6)47-35(40)9-3)18-19-33(25)46-37(42)29-11-10-28-22-31(44-34(39)8-2)17-14-27(28)20-29/h8-22,24H,2-3,7,23H2,1,4-6H3. The molecule has 9 nitrogen and oxygen atoms in total. The molecule has 0 heterocycles. The molecule has 0 aliphatic heterocycles. The Morgan fingerprint density at radius 1 is 0.702 bits per heavy atom. The molecule has 4 aromatic rings. The van der Waals surface area contributed by atoms with Crippen molar-refractivity contribution in [3.05, 3.63) is 121 Å². The highest BCUT2D eigenvalue weighted by molar-refractivity contribution is 5.97. The molecule has 0 aromatic heterocycles. The van der Waals surface area contributed by atoms with Gasteiger partial charge in [0.2, 0.25) is 0 Å². The van der Waals surface area contributed by atoms with Gasteiger partial charge in [-0.15, -0.1) is 0 Å². The van der Waals surface area contributed by atoms with Gasteiger partial charge in [0.25, 0.3) is 0 Å². The number of hydrogen-bond donors (Lipinski definition) is 0. The lowest BCUT2D eigenvalue weighted by atomic mass is 10.0. The lowest BCUT2D eigenvalue weighted by molar-refractivity contribution is -0.152. The fourth-order valence-electron chi connectivity index (χ4n) is 4.88. The summed E-state index contributed by atoms with van der Waals surface area (Å²) in [6.07, 6.45) is 2.90. The highest BCUT2D eigenvalue weighted by Crippen LogP contribution is 2.28. The lowest BCUT2D eigenvalue weighted by Gasteiger charge is -2.28. The van der Waals surface area contributed by atoms with E-state index >= 15 is 0 Å². The fraction of sp³-hybridized carbons (Fsp3) is 0.211. The molecule has 242 valence electrons. The highest BCUT2D eigenvalue weighted by Gasteiger charge is 2.26. The predicted molar refractivity (Wildman–Crippen MR) is 177 cm³/mol. The number of fused-ring (bicyclic) bond motifs is 1. The smallest absolute Gasteiger partial charge is 0.343 e. The maximum atomic E-state index is 13.0. The molecule has 4 aromatic carbocycles. The first kappa shape index (κ1) is 34.2. The molecule has 0 saturated carbocycles. The summed E-state index contributed by atoms with van der Waals surface area (Å²) in [5.41, 5.74) is 0.596. The number of carbonyl (C=O) groups excluding carboxylic acids is 4. The molecule has 0 saturated heterocycles. The van der Waals surface area contributed by atoms with Crippen molar-refractivity contribution < 1.29 is 42.9 Å². The van der Waals surface area contributed by atoms with Gasteiger partial charge in [-0.1, -0.05) is 32.2 Å². The first-order valence-corrected chi connectivity index (χ1v) is 15.0. The highest BCUT2D eigenvalue weighted by atomic mass is 16.6. The Bertz CT molecular complexity index is 1820. The van der Waals surface area contributed by atoms with Gasteiger partial charge in [0.15, 0.2) is 0 Å². The number of esters is 4. The zero-order valence-corrected chi connectivity index (χ0v) is 26.7. The summed E-state index contributed by atoms with van der Waals surface area (Å²) in [6, 6.07) is 21.5. The van der Waals surface area contributed by atoms with Crippen LogP contribution in [0.1, 0.15) is 60.4 Å². The molecule has 0 amide bonds. The molecule has 9 heteroatoms. The minimum Gasteiger partial charge on any atom is -0.491 e. The molecule has 0 spiro atoms.